The van der Waals surface area contributed by atoms with Crippen LogP contribution in [-0.2, 0) is 11.3 Å². The fourth-order valence-corrected chi connectivity index (χ4v) is 2.63. The molecule has 0 radical (unpaired) electrons. The average molecular weight is 293 g/mol. The molecule has 0 unspecified atom stereocenters. The maximum Gasteiger partial charge on any atom is 0.223 e. The van der Waals surface area contributed by atoms with Crippen molar-refractivity contribution in [1.29, 1.82) is 0 Å². The molecular weight excluding hydrogens is 274 g/mol. The summed E-state index contributed by atoms with van der Waals surface area (Å²) in [4.78, 5) is 20.5. The normalized spacial score (nSPS) is 17.2. The van der Waals surface area contributed by atoms with Crippen LogP contribution in [0.4, 0.5) is 0 Å². The molecule has 1 N–H and O–H groups in total. The minimum Gasteiger partial charge on any atom is -0.352 e. The molecule has 1 amide bonds. The number of pyridine rings is 2. The number of nitrogens with one attached hydrogen (secondary N) is 1. The molecule has 0 aromatic carbocycles. The van der Waals surface area contributed by atoms with Crippen LogP contribution in [0.5, 0.6) is 0 Å². The highest BCUT2D eigenvalue weighted by Crippen LogP contribution is 2.19. The third-order valence-electron chi connectivity index (χ3n) is 3.91. The van der Waals surface area contributed by atoms with Crippen LogP contribution in [0.1, 0.15) is 24.8 Å². The van der Waals surface area contributed by atoms with Crippen LogP contribution in [0.25, 0.3) is 11.3 Å². The van der Waals surface area contributed by atoms with Crippen molar-refractivity contribution in [3.8, 4) is 11.3 Å². The van der Waals surface area contributed by atoms with E-state index in [0.29, 0.717) is 6.54 Å². The van der Waals surface area contributed by atoms with Crippen molar-refractivity contribution >= 4 is 5.91 Å². The van der Waals surface area contributed by atoms with E-state index in [1.165, 1.54) is 0 Å². The third kappa shape index (κ3) is 3.58. The van der Waals surface area contributed by atoms with Crippen molar-refractivity contribution < 1.29 is 4.79 Å². The van der Waals surface area contributed by atoms with Crippen molar-refractivity contribution in [3.63, 3.8) is 0 Å². The number of nitrogens with zero attached hydrogens (tertiary/aromatic N) is 2. The zero-order chi connectivity index (χ0) is 15.2. The van der Waals surface area contributed by atoms with Crippen molar-refractivity contribution in [2.75, 3.05) is 0 Å². The van der Waals surface area contributed by atoms with Gasteiger partial charge in [-0.25, -0.2) is 0 Å². The monoisotopic (exact) mass is 293 g/mol. The van der Waals surface area contributed by atoms with Crippen LogP contribution in [0.15, 0.2) is 55.0 Å². The molecule has 2 aromatic heterocycles. The van der Waals surface area contributed by atoms with Crippen LogP contribution in [0.3, 0.4) is 0 Å². The van der Waals surface area contributed by atoms with E-state index in [4.69, 9.17) is 0 Å². The maximum atomic E-state index is 12.2. The first-order chi connectivity index (χ1) is 10.8. The summed E-state index contributed by atoms with van der Waals surface area (Å²) in [6, 6.07) is 7.81. The van der Waals surface area contributed by atoms with E-state index < -0.39 is 0 Å². The van der Waals surface area contributed by atoms with Crippen LogP contribution in [-0.4, -0.2) is 15.9 Å². The van der Waals surface area contributed by atoms with Crippen molar-refractivity contribution in [2.24, 2.45) is 5.92 Å². The number of carbonyl (C=O) groups excluding carboxylic acids is 1. The number of aromatic nitrogens is 2. The van der Waals surface area contributed by atoms with E-state index in [-0.39, 0.29) is 11.8 Å². The molecule has 0 bridgehead atoms. The van der Waals surface area contributed by atoms with Crippen molar-refractivity contribution in [2.45, 2.75) is 25.8 Å². The van der Waals surface area contributed by atoms with Gasteiger partial charge in [0.2, 0.25) is 5.91 Å². The zero-order valence-corrected chi connectivity index (χ0v) is 12.4. The van der Waals surface area contributed by atoms with E-state index >= 15 is 0 Å². The van der Waals surface area contributed by atoms with Crippen molar-refractivity contribution in [3.05, 3.63) is 60.6 Å². The first-order valence-corrected chi connectivity index (χ1v) is 7.61. The van der Waals surface area contributed by atoms with Gasteiger partial charge < -0.3 is 5.32 Å². The summed E-state index contributed by atoms with van der Waals surface area (Å²) >= 11 is 0. The van der Waals surface area contributed by atoms with Gasteiger partial charge in [0.15, 0.2) is 0 Å². The van der Waals surface area contributed by atoms with Gasteiger partial charge in [-0.05, 0) is 49.1 Å². The summed E-state index contributed by atoms with van der Waals surface area (Å²) in [6.07, 6.45) is 12.3. The fraction of sp³-hybridized carbons (Fsp3) is 0.278. The van der Waals surface area contributed by atoms with E-state index in [2.05, 4.69) is 27.4 Å². The summed E-state index contributed by atoms with van der Waals surface area (Å²) in [7, 11) is 0. The number of rotatable bonds is 4. The molecule has 0 saturated carbocycles. The Morgan fingerprint density at radius 1 is 1.18 bits per heavy atom. The minimum absolute atomic E-state index is 0.117. The first kappa shape index (κ1) is 14.4. The summed E-state index contributed by atoms with van der Waals surface area (Å²) in [5.41, 5.74) is 2.98. The van der Waals surface area contributed by atoms with Gasteiger partial charge in [0.05, 0.1) is 5.69 Å². The molecular formula is C18H19N3O. The van der Waals surface area contributed by atoms with Crippen LogP contribution < -0.4 is 5.32 Å². The topological polar surface area (TPSA) is 54.9 Å². The number of amides is 1. The molecule has 2 aromatic rings. The fourth-order valence-electron chi connectivity index (χ4n) is 2.63. The summed E-state index contributed by atoms with van der Waals surface area (Å²) in [6.45, 7) is 0.541. The molecule has 112 valence electrons. The summed E-state index contributed by atoms with van der Waals surface area (Å²) in [5.74, 6) is 0.262. The molecule has 0 saturated heterocycles. The molecule has 4 heteroatoms. The molecule has 4 nitrogen and oxygen atoms in total. The number of hydrogen-bond donors (Lipinski definition) is 1. The predicted molar refractivity (Wildman–Crippen MR) is 85.8 cm³/mol. The quantitative estimate of drug-likeness (QED) is 0.881. The van der Waals surface area contributed by atoms with Crippen LogP contribution in [0.2, 0.25) is 0 Å². The Balaban J connectivity index is 1.63. The van der Waals surface area contributed by atoms with Crippen LogP contribution in [0, 0.1) is 5.92 Å². The second-order valence-electron chi connectivity index (χ2n) is 5.48. The number of hydrogen-bond acceptors (Lipinski definition) is 3. The Morgan fingerprint density at radius 3 is 2.82 bits per heavy atom. The lowest BCUT2D eigenvalue weighted by atomic mass is 9.93. The van der Waals surface area contributed by atoms with Gasteiger partial charge in [-0.2, -0.15) is 0 Å². The van der Waals surface area contributed by atoms with Crippen LogP contribution >= 0.6 is 0 Å². The lowest BCUT2D eigenvalue weighted by Gasteiger charge is -2.17. The van der Waals surface area contributed by atoms with Gasteiger partial charge in [0.25, 0.3) is 0 Å². The van der Waals surface area contributed by atoms with E-state index in [9.17, 15) is 4.79 Å². The maximum absolute atomic E-state index is 12.2. The Morgan fingerprint density at radius 2 is 2.05 bits per heavy atom. The van der Waals surface area contributed by atoms with Gasteiger partial charge in [0, 0.05) is 36.6 Å². The molecule has 22 heavy (non-hydrogen) atoms. The molecule has 1 aliphatic carbocycles. The second kappa shape index (κ2) is 6.98. The van der Waals surface area contributed by atoms with E-state index in [0.717, 1.165) is 36.1 Å². The van der Waals surface area contributed by atoms with Crippen molar-refractivity contribution in [1.82, 2.24) is 15.3 Å². The highest BCUT2D eigenvalue weighted by molar-refractivity contribution is 5.79. The Hall–Kier alpha value is -2.49. The predicted octanol–water partition coefficient (Wildman–Crippen LogP) is 3.12. The SMILES string of the molecule is O=C(NCc1ccnc(-c2ccncc2)c1)[C@@H]1CC=CCC1. The largest absolute Gasteiger partial charge is 0.352 e. The average Bonchev–Trinajstić information content (AvgIpc) is 2.61. The molecule has 2 heterocycles. The number of carbonyl (C=O) groups is 1. The Bertz CT molecular complexity index is 667. The summed E-state index contributed by atoms with van der Waals surface area (Å²) in [5, 5.41) is 3.03. The zero-order valence-electron chi connectivity index (χ0n) is 12.4. The molecule has 1 aliphatic rings. The minimum atomic E-state index is 0.117. The van der Waals surface area contributed by atoms with Gasteiger partial charge in [-0.3, -0.25) is 14.8 Å². The number of allylic oxidation sites excluding steroid dienone is 2. The van der Waals surface area contributed by atoms with E-state index in [1.54, 1.807) is 18.6 Å². The van der Waals surface area contributed by atoms with Gasteiger partial charge in [0.1, 0.15) is 0 Å². The second-order valence-corrected chi connectivity index (χ2v) is 5.48. The highest BCUT2D eigenvalue weighted by atomic mass is 16.1. The van der Waals surface area contributed by atoms with Gasteiger partial charge in [-0.15, -0.1) is 0 Å². The Labute approximate surface area is 130 Å². The van der Waals surface area contributed by atoms with Gasteiger partial charge >= 0.3 is 0 Å². The molecule has 0 fully saturated rings. The molecule has 3 rings (SSSR count). The summed E-state index contributed by atoms with van der Waals surface area (Å²) < 4.78 is 0. The molecule has 0 spiro atoms. The molecule has 0 aliphatic heterocycles. The Kier molecular flexibility index (Phi) is 4.59. The molecule has 1 atom stereocenters. The lowest BCUT2D eigenvalue weighted by Crippen LogP contribution is -2.30. The first-order valence-electron chi connectivity index (χ1n) is 7.61. The highest BCUT2D eigenvalue weighted by Gasteiger charge is 2.18. The standard InChI is InChI=1S/C18H19N3O/c22-18(16-4-2-1-3-5-16)21-13-14-6-11-20-17(12-14)15-7-9-19-10-8-15/h1-2,6-12,16H,3-5,13H2,(H,21,22)/t16-/m1/s1. The third-order valence-corrected chi connectivity index (χ3v) is 3.91. The van der Waals surface area contributed by atoms with E-state index in [1.807, 2.05) is 24.3 Å². The van der Waals surface area contributed by atoms with Gasteiger partial charge in [-0.1, -0.05) is 12.2 Å². The smallest absolute Gasteiger partial charge is 0.223 e. The lowest BCUT2D eigenvalue weighted by molar-refractivity contribution is -0.125.